The zero-order valence-corrected chi connectivity index (χ0v) is 14.9. The summed E-state index contributed by atoms with van der Waals surface area (Å²) in [5.74, 6) is 0.0220. The smallest absolute Gasteiger partial charge is 0.255 e. The van der Waals surface area contributed by atoms with Gasteiger partial charge in [-0.15, -0.1) is 0 Å². The Labute approximate surface area is 157 Å². The average molecular weight is 372 g/mol. The van der Waals surface area contributed by atoms with Crippen molar-refractivity contribution in [3.63, 3.8) is 0 Å². The van der Waals surface area contributed by atoms with E-state index >= 15 is 0 Å². The van der Waals surface area contributed by atoms with Crippen LogP contribution in [0.25, 0.3) is 6.08 Å². The summed E-state index contributed by atoms with van der Waals surface area (Å²) in [5, 5.41) is 0. The maximum absolute atomic E-state index is 12.8. The van der Waals surface area contributed by atoms with Crippen molar-refractivity contribution in [1.29, 1.82) is 0 Å². The zero-order valence-electron chi connectivity index (χ0n) is 14.9. The summed E-state index contributed by atoms with van der Waals surface area (Å²) >= 11 is 0. The van der Waals surface area contributed by atoms with E-state index in [9.17, 15) is 14.0 Å². The maximum Gasteiger partial charge on any atom is 0.255 e. The first kappa shape index (κ1) is 20.0. The Bertz CT molecular complexity index is 789. The molecule has 0 unspecified atom stereocenters. The highest BCUT2D eigenvalue weighted by Gasteiger charge is 2.05. The van der Waals surface area contributed by atoms with E-state index in [1.165, 1.54) is 35.2 Å². The van der Waals surface area contributed by atoms with E-state index < -0.39 is 5.91 Å². The Morgan fingerprint density at radius 1 is 1.04 bits per heavy atom. The van der Waals surface area contributed by atoms with Gasteiger partial charge in [0.05, 0.1) is 6.54 Å². The molecule has 2 amide bonds. The van der Waals surface area contributed by atoms with Crippen LogP contribution in [-0.2, 0) is 9.59 Å². The third-order valence-electron chi connectivity index (χ3n) is 3.56. The minimum Gasteiger partial charge on any atom is -0.492 e. The summed E-state index contributed by atoms with van der Waals surface area (Å²) in [6, 6.07) is 12.6. The number of ether oxygens (including phenoxy) is 2. The fourth-order valence-corrected chi connectivity index (χ4v) is 2.07. The van der Waals surface area contributed by atoms with E-state index in [4.69, 9.17) is 15.2 Å². The minimum atomic E-state index is -0.545. The van der Waals surface area contributed by atoms with Crippen molar-refractivity contribution < 1.29 is 23.5 Å². The lowest BCUT2D eigenvalue weighted by atomic mass is 10.2. The van der Waals surface area contributed by atoms with Crippen molar-refractivity contribution >= 4 is 17.9 Å². The highest BCUT2D eigenvalue weighted by Crippen LogP contribution is 2.13. The van der Waals surface area contributed by atoms with E-state index in [2.05, 4.69) is 0 Å². The second-order valence-corrected chi connectivity index (χ2v) is 5.72. The van der Waals surface area contributed by atoms with Gasteiger partial charge in [0.25, 0.3) is 5.91 Å². The Kier molecular flexibility index (Phi) is 7.37. The summed E-state index contributed by atoms with van der Waals surface area (Å²) in [5.41, 5.74) is 5.82. The van der Waals surface area contributed by atoms with Gasteiger partial charge in [-0.3, -0.25) is 9.59 Å². The van der Waals surface area contributed by atoms with Crippen LogP contribution in [-0.4, -0.2) is 43.5 Å². The molecule has 2 rings (SSSR count). The van der Waals surface area contributed by atoms with Crippen LogP contribution in [0.3, 0.4) is 0 Å². The summed E-state index contributed by atoms with van der Waals surface area (Å²) in [6.45, 7) is 0.506. The Morgan fingerprint density at radius 3 is 2.26 bits per heavy atom. The molecule has 0 aliphatic heterocycles. The summed E-state index contributed by atoms with van der Waals surface area (Å²) in [6.07, 6.45) is 3.13. The molecule has 0 saturated carbocycles. The molecule has 0 radical (unpaired) electrons. The molecule has 2 N–H and O–H groups in total. The van der Waals surface area contributed by atoms with Gasteiger partial charge in [-0.05, 0) is 48.0 Å². The lowest BCUT2D eigenvalue weighted by Crippen LogP contribution is -2.29. The van der Waals surface area contributed by atoms with Crippen molar-refractivity contribution in [2.45, 2.75) is 0 Å². The predicted octanol–water partition coefficient (Wildman–Crippen LogP) is 2.24. The molecule has 0 atom stereocenters. The van der Waals surface area contributed by atoms with Crippen LogP contribution < -0.4 is 15.2 Å². The highest BCUT2D eigenvalue weighted by atomic mass is 19.1. The third kappa shape index (κ3) is 7.19. The number of primary amides is 1. The SMILES string of the molecule is CN(CCOc1ccc(F)cc1)C(=O)/C=C/c1ccc(OCC(N)=O)cc1. The Morgan fingerprint density at radius 2 is 1.63 bits per heavy atom. The van der Waals surface area contributed by atoms with Crippen molar-refractivity contribution in [1.82, 2.24) is 4.90 Å². The molecule has 0 fully saturated rings. The van der Waals surface area contributed by atoms with Gasteiger partial charge in [0.15, 0.2) is 6.61 Å². The van der Waals surface area contributed by atoms with Crippen LogP contribution in [0, 0.1) is 5.82 Å². The number of nitrogens with two attached hydrogens (primary N) is 1. The molecule has 142 valence electrons. The second kappa shape index (κ2) is 9.96. The number of likely N-dealkylation sites (N-methyl/N-ethyl adjacent to an activating group) is 1. The van der Waals surface area contributed by atoms with Crippen LogP contribution in [0.15, 0.2) is 54.6 Å². The molecule has 0 saturated heterocycles. The van der Waals surface area contributed by atoms with Crippen molar-refractivity contribution in [3.05, 3.63) is 66.0 Å². The summed E-state index contributed by atoms with van der Waals surface area (Å²) in [4.78, 5) is 24.3. The number of halogens is 1. The number of carbonyl (C=O) groups excluding carboxylic acids is 2. The standard InChI is InChI=1S/C20H21FN2O4/c1-23(12-13-26-17-9-5-16(21)6-10-17)20(25)11-4-15-2-7-18(8-3-15)27-14-19(22)24/h2-11H,12-14H2,1H3,(H2,22,24)/b11-4+. The topological polar surface area (TPSA) is 81.9 Å². The number of hydrogen-bond donors (Lipinski definition) is 1. The molecule has 0 aromatic heterocycles. The van der Waals surface area contributed by atoms with Gasteiger partial charge in [0.2, 0.25) is 5.91 Å². The number of rotatable bonds is 9. The molecule has 27 heavy (non-hydrogen) atoms. The molecule has 0 heterocycles. The third-order valence-corrected chi connectivity index (χ3v) is 3.56. The molecular formula is C20H21FN2O4. The first-order chi connectivity index (χ1) is 12.9. The van der Waals surface area contributed by atoms with Crippen LogP contribution in [0.1, 0.15) is 5.56 Å². The van der Waals surface area contributed by atoms with Gasteiger partial charge in [-0.2, -0.15) is 0 Å². The van der Waals surface area contributed by atoms with Crippen molar-refractivity contribution in [3.8, 4) is 11.5 Å². The number of hydrogen-bond acceptors (Lipinski definition) is 4. The molecule has 2 aromatic rings. The van der Waals surface area contributed by atoms with Crippen LogP contribution in [0.5, 0.6) is 11.5 Å². The molecule has 0 bridgehead atoms. The Balaban J connectivity index is 1.77. The number of nitrogens with zero attached hydrogens (tertiary/aromatic N) is 1. The maximum atomic E-state index is 12.8. The fourth-order valence-electron chi connectivity index (χ4n) is 2.07. The monoisotopic (exact) mass is 372 g/mol. The first-order valence-corrected chi connectivity index (χ1v) is 8.27. The normalized spacial score (nSPS) is 10.6. The van der Waals surface area contributed by atoms with Gasteiger partial charge >= 0.3 is 0 Å². The van der Waals surface area contributed by atoms with Crippen LogP contribution in [0.4, 0.5) is 4.39 Å². The van der Waals surface area contributed by atoms with E-state index in [-0.39, 0.29) is 18.3 Å². The molecule has 2 aromatic carbocycles. The molecule has 6 nitrogen and oxygen atoms in total. The van der Waals surface area contributed by atoms with Gasteiger partial charge in [-0.1, -0.05) is 12.1 Å². The van der Waals surface area contributed by atoms with Gasteiger partial charge in [-0.25, -0.2) is 4.39 Å². The summed E-state index contributed by atoms with van der Waals surface area (Å²) in [7, 11) is 1.67. The first-order valence-electron chi connectivity index (χ1n) is 8.27. The quantitative estimate of drug-likeness (QED) is 0.685. The van der Waals surface area contributed by atoms with E-state index in [0.717, 1.165) is 5.56 Å². The van der Waals surface area contributed by atoms with Crippen molar-refractivity contribution in [2.24, 2.45) is 5.73 Å². The largest absolute Gasteiger partial charge is 0.492 e. The lowest BCUT2D eigenvalue weighted by molar-refractivity contribution is -0.125. The van der Waals surface area contributed by atoms with E-state index in [1.54, 1.807) is 37.4 Å². The van der Waals surface area contributed by atoms with Crippen molar-refractivity contribution in [2.75, 3.05) is 26.8 Å². The van der Waals surface area contributed by atoms with Crippen LogP contribution in [0.2, 0.25) is 0 Å². The van der Waals surface area contributed by atoms with E-state index in [0.29, 0.717) is 24.7 Å². The lowest BCUT2D eigenvalue weighted by Gasteiger charge is -2.15. The number of benzene rings is 2. The fraction of sp³-hybridized carbons (Fsp3) is 0.200. The number of carbonyl (C=O) groups is 2. The van der Waals surface area contributed by atoms with E-state index in [1.807, 2.05) is 0 Å². The summed E-state index contributed by atoms with van der Waals surface area (Å²) < 4.78 is 23.4. The number of amides is 2. The average Bonchev–Trinajstić information content (AvgIpc) is 2.66. The molecular weight excluding hydrogens is 351 g/mol. The molecule has 0 spiro atoms. The predicted molar refractivity (Wildman–Crippen MR) is 99.7 cm³/mol. The zero-order chi connectivity index (χ0) is 19.6. The Hall–Kier alpha value is -3.35. The molecule has 7 heteroatoms. The molecule has 0 aliphatic rings. The van der Waals surface area contributed by atoms with Crippen LogP contribution >= 0.6 is 0 Å². The van der Waals surface area contributed by atoms with Gasteiger partial charge in [0, 0.05) is 13.1 Å². The minimum absolute atomic E-state index is 0.174. The highest BCUT2D eigenvalue weighted by molar-refractivity contribution is 5.91. The van der Waals surface area contributed by atoms with Gasteiger partial charge in [0.1, 0.15) is 23.9 Å². The second-order valence-electron chi connectivity index (χ2n) is 5.72. The van der Waals surface area contributed by atoms with Gasteiger partial charge < -0.3 is 20.1 Å². The molecule has 0 aliphatic carbocycles.